The van der Waals surface area contributed by atoms with Crippen LogP contribution in [0.1, 0.15) is 37.8 Å². The lowest BCUT2D eigenvalue weighted by molar-refractivity contribution is -0.115. The van der Waals surface area contributed by atoms with E-state index in [1.165, 1.54) is 13.8 Å². The number of amides is 2. The summed E-state index contributed by atoms with van der Waals surface area (Å²) in [5, 5.41) is 10.0. The van der Waals surface area contributed by atoms with Gasteiger partial charge in [-0.2, -0.15) is 0 Å². The van der Waals surface area contributed by atoms with E-state index in [1.54, 1.807) is 6.07 Å². The molecule has 2 amide bonds. The summed E-state index contributed by atoms with van der Waals surface area (Å²) in [7, 11) is 0. The molecule has 0 atom stereocenters. The first kappa shape index (κ1) is 22.3. The number of carbonyl (C=O) groups is 2. The van der Waals surface area contributed by atoms with Crippen LogP contribution in [0, 0.1) is 5.41 Å². The highest BCUT2D eigenvalue weighted by molar-refractivity contribution is 6.30. The Kier molecular flexibility index (Phi) is 6.48. The van der Waals surface area contributed by atoms with Gasteiger partial charge in [-0.15, -0.1) is 0 Å². The van der Waals surface area contributed by atoms with E-state index in [0.717, 1.165) is 41.2 Å². The van der Waals surface area contributed by atoms with Crippen molar-refractivity contribution in [2.45, 2.75) is 39.7 Å². The number of rotatable bonds is 4. The number of fused-ring (bicyclic) bond motifs is 1. The zero-order chi connectivity index (χ0) is 22.7. The fourth-order valence-corrected chi connectivity index (χ4v) is 4.65. The zero-order valence-corrected chi connectivity index (χ0v) is 19.0. The van der Waals surface area contributed by atoms with Gasteiger partial charge in [-0.3, -0.25) is 14.6 Å². The Bertz CT molecular complexity index is 1080. The van der Waals surface area contributed by atoms with Gasteiger partial charge in [0.1, 0.15) is 5.84 Å². The molecule has 0 radical (unpaired) electrons. The summed E-state index contributed by atoms with van der Waals surface area (Å²) in [5.74, 6) is 0.575. The number of benzene rings is 2. The van der Waals surface area contributed by atoms with Gasteiger partial charge in [-0.1, -0.05) is 23.7 Å². The van der Waals surface area contributed by atoms with Gasteiger partial charge in [0.2, 0.25) is 11.8 Å². The van der Waals surface area contributed by atoms with Crippen LogP contribution < -0.4 is 16.0 Å². The van der Waals surface area contributed by atoms with Gasteiger partial charge in [0.25, 0.3) is 0 Å². The molecular weight excluding hydrogens is 428 g/mol. The van der Waals surface area contributed by atoms with Crippen LogP contribution in [0.5, 0.6) is 0 Å². The van der Waals surface area contributed by atoms with Crippen LogP contribution in [0.25, 0.3) is 0 Å². The summed E-state index contributed by atoms with van der Waals surface area (Å²) in [6, 6.07) is 11.3. The molecular formula is C24H27ClN4O3. The van der Waals surface area contributed by atoms with E-state index in [1.807, 2.05) is 30.3 Å². The fraction of sp³-hybridized carbons (Fsp3) is 0.375. The molecule has 3 N–H and O–H groups in total. The molecule has 168 valence electrons. The fourth-order valence-electron chi connectivity index (χ4n) is 4.44. The number of ether oxygens (including phenoxy) is 1. The number of hydrogen-bond acceptors (Lipinski definition) is 4. The summed E-state index contributed by atoms with van der Waals surface area (Å²) in [5.41, 5.74) is 3.94. The molecule has 7 nitrogen and oxygen atoms in total. The van der Waals surface area contributed by atoms with Crippen molar-refractivity contribution in [1.29, 1.82) is 0 Å². The summed E-state index contributed by atoms with van der Waals surface area (Å²) in [6.07, 6.45) is 2.32. The second-order valence-electron chi connectivity index (χ2n) is 8.37. The molecule has 4 rings (SSSR count). The Labute approximate surface area is 192 Å². The second-order valence-corrected chi connectivity index (χ2v) is 8.80. The van der Waals surface area contributed by atoms with Crippen LogP contribution in [0.15, 0.2) is 41.4 Å². The van der Waals surface area contributed by atoms with Gasteiger partial charge < -0.3 is 20.7 Å². The number of amidine groups is 1. The molecule has 0 saturated carbocycles. The normalized spacial score (nSPS) is 18.0. The summed E-state index contributed by atoms with van der Waals surface area (Å²) >= 11 is 6.15. The van der Waals surface area contributed by atoms with Gasteiger partial charge in [0.05, 0.1) is 17.9 Å². The summed E-state index contributed by atoms with van der Waals surface area (Å²) in [6.45, 7) is 4.75. The quantitative estimate of drug-likeness (QED) is 0.628. The predicted octanol–water partition coefficient (Wildman–Crippen LogP) is 4.62. The van der Waals surface area contributed by atoms with Crippen molar-refractivity contribution < 1.29 is 14.3 Å². The molecule has 1 fully saturated rings. The Morgan fingerprint density at radius 3 is 2.47 bits per heavy atom. The van der Waals surface area contributed by atoms with E-state index in [-0.39, 0.29) is 17.2 Å². The predicted molar refractivity (Wildman–Crippen MR) is 127 cm³/mol. The number of halogens is 1. The maximum atomic E-state index is 11.8. The number of hydrogen-bond donors (Lipinski definition) is 3. The molecule has 2 heterocycles. The monoisotopic (exact) mass is 454 g/mol. The lowest BCUT2D eigenvalue weighted by Gasteiger charge is -2.43. The largest absolute Gasteiger partial charge is 0.381 e. The third kappa shape index (κ3) is 4.79. The molecule has 32 heavy (non-hydrogen) atoms. The van der Waals surface area contributed by atoms with E-state index in [0.29, 0.717) is 36.9 Å². The van der Waals surface area contributed by atoms with Gasteiger partial charge in [0.15, 0.2) is 0 Å². The number of anilines is 3. The molecule has 8 heteroatoms. The standard InChI is InChI=1S/C24H27ClN4O3/c1-15(30)27-20-6-7-21(28-16(2)31)22-19(20)13-24(8-10-32-11-9-24)23(29-22)26-14-17-4-3-5-18(25)12-17/h3-7,12H,8-11,13-14H2,1-2H3,(H,26,29)(H,27,30)(H,28,31). The lowest BCUT2D eigenvalue weighted by Crippen LogP contribution is -2.46. The Hall–Kier alpha value is -2.90. The number of nitrogens with zero attached hydrogens (tertiary/aromatic N) is 1. The molecule has 0 bridgehead atoms. The van der Waals surface area contributed by atoms with Crippen molar-refractivity contribution >= 4 is 46.3 Å². The first-order valence-corrected chi connectivity index (χ1v) is 11.1. The number of carbonyl (C=O) groups excluding carboxylic acids is 2. The van der Waals surface area contributed by atoms with Gasteiger partial charge in [0, 0.05) is 48.7 Å². The molecule has 0 unspecified atom stereocenters. The third-order valence-corrected chi connectivity index (χ3v) is 6.19. The highest BCUT2D eigenvalue weighted by atomic mass is 35.5. The van der Waals surface area contributed by atoms with Crippen molar-refractivity contribution in [3.05, 3.63) is 52.5 Å². The first-order valence-electron chi connectivity index (χ1n) is 10.7. The van der Waals surface area contributed by atoms with Gasteiger partial charge in [-0.05, 0) is 49.1 Å². The smallest absolute Gasteiger partial charge is 0.221 e. The average Bonchev–Trinajstić information content (AvgIpc) is 2.74. The van der Waals surface area contributed by atoms with E-state index in [2.05, 4.69) is 16.0 Å². The maximum Gasteiger partial charge on any atom is 0.221 e. The maximum absolute atomic E-state index is 11.8. The minimum Gasteiger partial charge on any atom is -0.381 e. The van der Waals surface area contributed by atoms with E-state index in [9.17, 15) is 9.59 Å². The van der Waals surface area contributed by atoms with Crippen molar-refractivity contribution in [2.24, 2.45) is 10.4 Å². The van der Waals surface area contributed by atoms with Crippen LogP contribution in [-0.4, -0.2) is 30.9 Å². The highest BCUT2D eigenvalue weighted by Gasteiger charge is 2.43. The minimum absolute atomic E-state index is 0.138. The lowest BCUT2D eigenvalue weighted by atomic mass is 9.71. The third-order valence-electron chi connectivity index (χ3n) is 5.95. The van der Waals surface area contributed by atoms with Gasteiger partial charge in [-0.25, -0.2) is 0 Å². The Morgan fingerprint density at radius 2 is 1.78 bits per heavy atom. The SMILES string of the molecule is CC(=O)Nc1ccc(NC(C)=O)c2c1CC1(CCOCC1)C(=NCc1cccc(Cl)c1)N2. The second kappa shape index (κ2) is 9.30. The Balaban J connectivity index is 1.78. The van der Waals surface area contributed by atoms with Crippen LogP contribution in [0.4, 0.5) is 17.1 Å². The van der Waals surface area contributed by atoms with Crippen LogP contribution in [0.3, 0.4) is 0 Å². The average molecular weight is 455 g/mol. The highest BCUT2D eigenvalue weighted by Crippen LogP contribution is 2.46. The van der Waals surface area contributed by atoms with E-state index in [4.69, 9.17) is 21.3 Å². The topological polar surface area (TPSA) is 91.8 Å². The van der Waals surface area contributed by atoms with Crippen LogP contribution in [-0.2, 0) is 27.3 Å². The molecule has 1 spiro atoms. The molecule has 0 aromatic heterocycles. The molecule has 2 aliphatic rings. The zero-order valence-electron chi connectivity index (χ0n) is 18.3. The molecule has 2 aromatic rings. The van der Waals surface area contributed by atoms with Crippen molar-refractivity contribution in [3.63, 3.8) is 0 Å². The molecule has 0 aliphatic carbocycles. The van der Waals surface area contributed by atoms with Crippen molar-refractivity contribution in [1.82, 2.24) is 0 Å². The molecule has 2 aromatic carbocycles. The van der Waals surface area contributed by atoms with Crippen molar-refractivity contribution in [2.75, 3.05) is 29.2 Å². The van der Waals surface area contributed by atoms with Crippen molar-refractivity contribution in [3.8, 4) is 0 Å². The van der Waals surface area contributed by atoms with E-state index >= 15 is 0 Å². The Morgan fingerprint density at radius 1 is 1.09 bits per heavy atom. The minimum atomic E-state index is -0.230. The van der Waals surface area contributed by atoms with Crippen LogP contribution >= 0.6 is 11.6 Å². The van der Waals surface area contributed by atoms with E-state index < -0.39 is 0 Å². The molecule has 1 saturated heterocycles. The summed E-state index contributed by atoms with van der Waals surface area (Å²) < 4.78 is 5.66. The van der Waals surface area contributed by atoms with Gasteiger partial charge >= 0.3 is 0 Å². The summed E-state index contributed by atoms with van der Waals surface area (Å²) in [4.78, 5) is 28.6. The number of nitrogens with one attached hydrogen (secondary N) is 3. The number of aliphatic imine (C=N–C) groups is 1. The molecule has 2 aliphatic heterocycles. The first-order chi connectivity index (χ1) is 15.4. The van der Waals surface area contributed by atoms with Crippen LogP contribution in [0.2, 0.25) is 5.02 Å².